The number of carbonyl (C=O) groups is 1. The van der Waals surface area contributed by atoms with Crippen molar-refractivity contribution in [1.29, 1.82) is 0 Å². The van der Waals surface area contributed by atoms with Crippen LogP contribution in [-0.2, 0) is 16.0 Å². The maximum absolute atomic E-state index is 13.1. The van der Waals surface area contributed by atoms with Crippen LogP contribution in [0.1, 0.15) is 33.3 Å². The van der Waals surface area contributed by atoms with E-state index in [0.717, 1.165) is 0 Å². The molecule has 0 saturated carbocycles. The Kier molecular flexibility index (Phi) is 5.41. The highest BCUT2D eigenvalue weighted by atomic mass is 19.3. The van der Waals surface area contributed by atoms with E-state index < -0.39 is 23.3 Å². The third kappa shape index (κ3) is 5.04. The van der Waals surface area contributed by atoms with Gasteiger partial charge in [0, 0.05) is 13.3 Å². The van der Waals surface area contributed by atoms with Gasteiger partial charge in [0.25, 0.3) is 0 Å². The van der Waals surface area contributed by atoms with Crippen LogP contribution in [-0.4, -0.2) is 40.9 Å². The van der Waals surface area contributed by atoms with E-state index in [2.05, 4.69) is 20.0 Å². The van der Waals surface area contributed by atoms with Gasteiger partial charge in [0.1, 0.15) is 5.75 Å². The molecule has 1 N–H and O–H groups in total. The molecule has 1 aliphatic rings. The molecule has 1 atom stereocenters. The molecule has 0 amide bonds. The average molecular weight is 369 g/mol. The van der Waals surface area contributed by atoms with Gasteiger partial charge in [-0.2, -0.15) is 13.9 Å². The summed E-state index contributed by atoms with van der Waals surface area (Å²) in [6.45, 7) is 5.75. The summed E-state index contributed by atoms with van der Waals surface area (Å²) in [4.78, 5) is 16.2. The topological polar surface area (TPSA) is 92.8 Å². The third-order valence-corrected chi connectivity index (χ3v) is 3.28. The summed E-state index contributed by atoms with van der Waals surface area (Å²) >= 11 is 0. The number of ether oxygens (including phenoxy) is 2. The van der Waals surface area contributed by atoms with Crippen molar-refractivity contribution in [3.05, 3.63) is 29.8 Å². The molecule has 1 aromatic carbocycles. The Balaban J connectivity index is 2.42. The van der Waals surface area contributed by atoms with Crippen molar-refractivity contribution in [3.63, 3.8) is 0 Å². The van der Waals surface area contributed by atoms with Crippen molar-refractivity contribution in [1.82, 2.24) is 0 Å². The lowest BCUT2D eigenvalue weighted by molar-refractivity contribution is -0.170. The molecule has 26 heavy (non-hydrogen) atoms. The molecule has 1 heterocycles. The summed E-state index contributed by atoms with van der Waals surface area (Å²) in [6, 6.07) is 5.80. The second-order valence-corrected chi connectivity index (χ2v) is 6.95. The summed E-state index contributed by atoms with van der Waals surface area (Å²) in [5.41, 5.74) is -2.31. The van der Waals surface area contributed by atoms with E-state index >= 15 is 0 Å². The Morgan fingerprint density at radius 2 is 1.96 bits per heavy atom. The van der Waals surface area contributed by atoms with Crippen LogP contribution in [0.15, 0.2) is 39.5 Å². The molecule has 0 saturated heterocycles. The molecule has 142 valence electrons. The lowest BCUT2D eigenvalue weighted by Gasteiger charge is -2.34. The second-order valence-electron chi connectivity index (χ2n) is 6.95. The lowest BCUT2D eigenvalue weighted by atomic mass is 9.91. The quantitative estimate of drug-likeness (QED) is 0.793. The highest BCUT2D eigenvalue weighted by Crippen LogP contribution is 2.31. The van der Waals surface area contributed by atoms with Crippen molar-refractivity contribution in [3.8, 4) is 5.75 Å². The van der Waals surface area contributed by atoms with Crippen LogP contribution in [0.2, 0.25) is 0 Å². The van der Waals surface area contributed by atoms with Crippen LogP contribution in [0.25, 0.3) is 0 Å². The van der Waals surface area contributed by atoms with E-state index in [9.17, 15) is 18.7 Å². The van der Waals surface area contributed by atoms with Gasteiger partial charge in [0.05, 0.1) is 5.60 Å². The van der Waals surface area contributed by atoms with E-state index in [1.807, 2.05) is 0 Å². The number of hydrogen-bond acceptors (Lipinski definition) is 6. The van der Waals surface area contributed by atoms with Crippen molar-refractivity contribution < 1.29 is 28.2 Å². The van der Waals surface area contributed by atoms with Crippen molar-refractivity contribution >= 4 is 11.8 Å². The first-order valence-electron chi connectivity index (χ1n) is 7.93. The number of halogens is 2. The predicted molar refractivity (Wildman–Crippen MR) is 89.8 cm³/mol. The number of benzene rings is 1. The number of azo groups is 1. The molecule has 9 heteroatoms. The number of aliphatic imine (C=N–C) groups is 1. The highest BCUT2D eigenvalue weighted by molar-refractivity contribution is 6.09. The predicted octanol–water partition coefficient (Wildman–Crippen LogP) is 3.68. The van der Waals surface area contributed by atoms with Gasteiger partial charge in [-0.05, 0) is 38.5 Å². The average Bonchev–Trinajstić information content (AvgIpc) is 2.97. The molecule has 1 aliphatic heterocycles. The number of alkyl halides is 2. The van der Waals surface area contributed by atoms with Crippen molar-refractivity contribution in [2.75, 3.05) is 6.67 Å². The first-order chi connectivity index (χ1) is 11.9. The Bertz CT molecular complexity index is 738. The SMILES string of the molecule is CC(C)(C)OC(Cc1cccc(OC(C)(F)F)c1)(C(=O)O)C1=NCN=N1. The molecule has 0 fully saturated rings. The summed E-state index contributed by atoms with van der Waals surface area (Å²) in [7, 11) is 0. The number of amidine groups is 1. The minimum absolute atomic E-state index is 0.0169. The van der Waals surface area contributed by atoms with Gasteiger partial charge in [-0.15, -0.1) is 5.11 Å². The highest BCUT2D eigenvalue weighted by Gasteiger charge is 2.49. The van der Waals surface area contributed by atoms with Gasteiger partial charge in [-0.25, -0.2) is 9.79 Å². The molecular weight excluding hydrogens is 348 g/mol. The van der Waals surface area contributed by atoms with E-state index in [0.29, 0.717) is 12.5 Å². The fourth-order valence-electron chi connectivity index (χ4n) is 2.55. The normalized spacial score (nSPS) is 16.9. The van der Waals surface area contributed by atoms with Crippen molar-refractivity contribution in [2.45, 2.75) is 51.4 Å². The zero-order chi connectivity index (χ0) is 19.6. The lowest BCUT2D eigenvalue weighted by Crippen LogP contribution is -2.53. The molecular formula is C17H21F2N3O4. The number of carboxylic acids is 1. The Morgan fingerprint density at radius 1 is 1.27 bits per heavy atom. The van der Waals surface area contributed by atoms with Crippen molar-refractivity contribution in [2.24, 2.45) is 15.2 Å². The first-order valence-corrected chi connectivity index (χ1v) is 7.93. The fourth-order valence-corrected chi connectivity index (χ4v) is 2.55. The zero-order valence-corrected chi connectivity index (χ0v) is 15.0. The smallest absolute Gasteiger partial charge is 0.394 e. The van der Waals surface area contributed by atoms with Gasteiger partial charge < -0.3 is 14.6 Å². The number of nitrogens with zero attached hydrogens (tertiary/aromatic N) is 3. The van der Waals surface area contributed by atoms with E-state index in [1.165, 1.54) is 18.2 Å². The largest absolute Gasteiger partial charge is 0.479 e. The Hall–Kier alpha value is -2.42. The number of hydrogen-bond donors (Lipinski definition) is 1. The summed E-state index contributed by atoms with van der Waals surface area (Å²) in [5.74, 6) is -1.44. The van der Waals surface area contributed by atoms with Crippen LogP contribution < -0.4 is 4.74 Å². The van der Waals surface area contributed by atoms with Crippen LogP contribution in [0.4, 0.5) is 8.78 Å². The minimum Gasteiger partial charge on any atom is -0.479 e. The molecule has 0 bridgehead atoms. The zero-order valence-electron chi connectivity index (χ0n) is 15.0. The maximum atomic E-state index is 13.1. The van der Waals surface area contributed by atoms with Gasteiger partial charge in [0.2, 0.25) is 5.60 Å². The molecule has 1 unspecified atom stereocenters. The van der Waals surface area contributed by atoms with Gasteiger partial charge >= 0.3 is 12.1 Å². The van der Waals surface area contributed by atoms with Gasteiger partial charge in [-0.1, -0.05) is 12.1 Å². The van der Waals surface area contributed by atoms with E-state index in [1.54, 1.807) is 26.8 Å². The van der Waals surface area contributed by atoms with Crippen LogP contribution in [0.3, 0.4) is 0 Å². The summed E-state index contributed by atoms with van der Waals surface area (Å²) in [6.07, 6.45) is -3.53. The van der Waals surface area contributed by atoms with Gasteiger partial charge in [-0.3, -0.25) is 0 Å². The molecule has 7 nitrogen and oxygen atoms in total. The van der Waals surface area contributed by atoms with E-state index in [4.69, 9.17) is 4.74 Å². The van der Waals surface area contributed by atoms with Crippen LogP contribution >= 0.6 is 0 Å². The third-order valence-electron chi connectivity index (χ3n) is 3.28. The minimum atomic E-state index is -3.35. The molecule has 2 rings (SSSR count). The molecule has 0 spiro atoms. The van der Waals surface area contributed by atoms with Crippen LogP contribution in [0, 0.1) is 0 Å². The second kappa shape index (κ2) is 7.06. The molecule has 0 aliphatic carbocycles. The first kappa shape index (κ1) is 19.9. The Labute approximate surface area is 149 Å². The molecule has 0 aromatic heterocycles. The molecule has 0 radical (unpaired) electrons. The van der Waals surface area contributed by atoms with Crippen LogP contribution in [0.5, 0.6) is 5.75 Å². The maximum Gasteiger partial charge on any atom is 0.394 e. The fraction of sp³-hybridized carbons (Fsp3) is 0.529. The van der Waals surface area contributed by atoms with Gasteiger partial charge in [0.15, 0.2) is 12.5 Å². The molecule has 1 aromatic rings. The Morgan fingerprint density at radius 3 is 2.46 bits per heavy atom. The number of rotatable bonds is 7. The summed E-state index contributed by atoms with van der Waals surface area (Å²) in [5, 5.41) is 17.4. The standard InChI is InChI=1S/C17H21F2N3O4/c1-15(2,3)26-17(14(23)24,13-20-10-21-22-13)9-11-6-5-7-12(8-11)25-16(4,18)19/h5-8H,9-10H2,1-4H3,(H,23,24). The number of carboxylic acid groups (broad SMARTS) is 1. The van der Waals surface area contributed by atoms with E-state index in [-0.39, 0.29) is 24.7 Å². The summed E-state index contributed by atoms with van der Waals surface area (Å²) < 4.78 is 36.6. The monoisotopic (exact) mass is 369 g/mol. The number of aliphatic carboxylic acids is 1.